The van der Waals surface area contributed by atoms with Crippen molar-refractivity contribution in [1.29, 1.82) is 0 Å². The lowest BCUT2D eigenvalue weighted by atomic mass is 10.1. The summed E-state index contributed by atoms with van der Waals surface area (Å²) in [6, 6.07) is 13.5. The molecule has 1 saturated heterocycles. The zero-order valence-electron chi connectivity index (χ0n) is 14.8. The molecule has 1 aliphatic heterocycles. The Bertz CT molecular complexity index is 756. The third-order valence-corrected chi connectivity index (χ3v) is 5.53. The Kier molecular flexibility index (Phi) is 6.41. The molecule has 2 aromatic rings. The van der Waals surface area contributed by atoms with Gasteiger partial charge >= 0.3 is 0 Å². The summed E-state index contributed by atoms with van der Waals surface area (Å²) in [4.78, 5) is 16.9. The van der Waals surface area contributed by atoms with Crippen LogP contribution in [0.1, 0.15) is 12.0 Å². The molecule has 6 heteroatoms. The van der Waals surface area contributed by atoms with Crippen molar-refractivity contribution in [3.63, 3.8) is 0 Å². The summed E-state index contributed by atoms with van der Waals surface area (Å²) in [5.41, 5.74) is 2.90. The first-order valence-corrected chi connectivity index (χ1v) is 9.55. The number of carbonyl (C=O) groups is 1. The molecule has 0 saturated carbocycles. The van der Waals surface area contributed by atoms with Crippen LogP contribution in [0, 0.1) is 0 Å². The van der Waals surface area contributed by atoms with Gasteiger partial charge in [0, 0.05) is 44.0 Å². The Labute approximate surface area is 164 Å². The van der Waals surface area contributed by atoms with Gasteiger partial charge in [-0.15, -0.1) is 0 Å². The molecule has 138 valence electrons. The van der Waals surface area contributed by atoms with E-state index in [1.165, 1.54) is 5.69 Å². The number of anilines is 2. The van der Waals surface area contributed by atoms with Gasteiger partial charge in [0.15, 0.2) is 0 Å². The predicted molar refractivity (Wildman–Crippen MR) is 110 cm³/mol. The van der Waals surface area contributed by atoms with Gasteiger partial charge in [0.25, 0.3) is 0 Å². The van der Waals surface area contributed by atoms with Crippen LogP contribution in [-0.2, 0) is 11.2 Å². The van der Waals surface area contributed by atoms with Crippen LogP contribution in [0.15, 0.2) is 42.5 Å². The van der Waals surface area contributed by atoms with Gasteiger partial charge in [-0.3, -0.25) is 4.79 Å². The Hall–Kier alpha value is -1.75. The third kappa shape index (κ3) is 4.91. The number of nitrogens with one attached hydrogen (secondary N) is 1. The van der Waals surface area contributed by atoms with Crippen molar-refractivity contribution in [3.8, 4) is 0 Å². The molecule has 0 spiro atoms. The monoisotopic (exact) mass is 391 g/mol. The smallest absolute Gasteiger partial charge is 0.224 e. The Morgan fingerprint density at radius 3 is 2.42 bits per heavy atom. The number of nitrogens with zero attached hydrogens (tertiary/aromatic N) is 2. The first kappa shape index (κ1) is 19.0. The second-order valence-corrected chi connectivity index (χ2v) is 7.38. The number of hydrogen-bond donors (Lipinski definition) is 1. The van der Waals surface area contributed by atoms with E-state index >= 15 is 0 Å². The molecule has 4 nitrogen and oxygen atoms in total. The summed E-state index contributed by atoms with van der Waals surface area (Å²) >= 11 is 12.2. The van der Waals surface area contributed by atoms with Gasteiger partial charge < -0.3 is 15.1 Å². The second-order valence-electron chi connectivity index (χ2n) is 6.60. The summed E-state index contributed by atoms with van der Waals surface area (Å²) < 4.78 is 0. The van der Waals surface area contributed by atoms with E-state index in [-0.39, 0.29) is 5.91 Å². The Morgan fingerprint density at radius 2 is 1.73 bits per heavy atom. The van der Waals surface area contributed by atoms with Gasteiger partial charge in [-0.1, -0.05) is 35.3 Å². The fraction of sp³-hybridized carbons (Fsp3) is 0.350. The average Bonchev–Trinajstić information content (AvgIpc) is 2.64. The number of halogens is 2. The zero-order chi connectivity index (χ0) is 18.5. The lowest BCUT2D eigenvalue weighted by Crippen LogP contribution is -2.44. The van der Waals surface area contributed by atoms with Crippen molar-refractivity contribution >= 4 is 40.5 Å². The summed E-state index contributed by atoms with van der Waals surface area (Å²) in [6.07, 6.45) is 0.922. The molecule has 1 aliphatic rings. The second kappa shape index (κ2) is 8.76. The van der Waals surface area contributed by atoms with E-state index in [0.29, 0.717) is 22.9 Å². The largest absolute Gasteiger partial charge is 0.369 e. The predicted octanol–water partition coefficient (Wildman–Crippen LogP) is 4.32. The van der Waals surface area contributed by atoms with Crippen molar-refractivity contribution in [1.82, 2.24) is 4.90 Å². The highest BCUT2D eigenvalue weighted by atomic mass is 35.5. The quantitative estimate of drug-likeness (QED) is 0.824. The lowest BCUT2D eigenvalue weighted by molar-refractivity contribution is -0.116. The van der Waals surface area contributed by atoms with Gasteiger partial charge in [0.05, 0.1) is 10.0 Å². The summed E-state index contributed by atoms with van der Waals surface area (Å²) in [5.74, 6) is -0.0339. The Morgan fingerprint density at radius 1 is 1.04 bits per heavy atom. The normalized spacial score (nSPS) is 15.1. The molecule has 0 radical (unpaired) electrons. The molecule has 0 aromatic heterocycles. The van der Waals surface area contributed by atoms with Crippen LogP contribution in [0.2, 0.25) is 10.0 Å². The van der Waals surface area contributed by atoms with Gasteiger partial charge in [0.1, 0.15) is 0 Å². The number of hydrogen-bond acceptors (Lipinski definition) is 3. The van der Waals surface area contributed by atoms with Crippen LogP contribution >= 0.6 is 23.2 Å². The van der Waals surface area contributed by atoms with E-state index in [1.807, 2.05) is 24.3 Å². The number of carbonyl (C=O) groups excluding carboxylic acids is 1. The number of benzene rings is 2. The highest BCUT2D eigenvalue weighted by Crippen LogP contribution is 2.26. The maximum atomic E-state index is 12.2. The molecule has 0 atom stereocenters. The summed E-state index contributed by atoms with van der Waals surface area (Å²) in [7, 11) is 2.15. The van der Waals surface area contributed by atoms with Gasteiger partial charge in [-0.25, -0.2) is 0 Å². The topological polar surface area (TPSA) is 35.6 Å². The molecule has 3 rings (SSSR count). The molecular weight excluding hydrogens is 369 g/mol. The highest BCUT2D eigenvalue weighted by molar-refractivity contribution is 6.42. The minimum atomic E-state index is -0.0339. The summed E-state index contributed by atoms with van der Waals surface area (Å²) in [6.45, 7) is 4.21. The van der Waals surface area contributed by atoms with Crippen LogP contribution in [-0.4, -0.2) is 44.0 Å². The van der Waals surface area contributed by atoms with Crippen LogP contribution < -0.4 is 10.2 Å². The van der Waals surface area contributed by atoms with E-state index in [0.717, 1.165) is 37.4 Å². The molecule has 1 amide bonds. The SMILES string of the molecule is CN1CCN(c2ccc(NC(=O)CCc3cccc(Cl)c3Cl)cc2)CC1. The van der Waals surface area contributed by atoms with Crippen molar-refractivity contribution in [3.05, 3.63) is 58.1 Å². The van der Waals surface area contributed by atoms with E-state index in [4.69, 9.17) is 23.2 Å². The highest BCUT2D eigenvalue weighted by Gasteiger charge is 2.14. The fourth-order valence-electron chi connectivity index (χ4n) is 3.03. The minimum Gasteiger partial charge on any atom is -0.369 e. The maximum Gasteiger partial charge on any atom is 0.224 e. The van der Waals surface area contributed by atoms with E-state index in [2.05, 4.69) is 34.3 Å². The van der Waals surface area contributed by atoms with Gasteiger partial charge in [-0.2, -0.15) is 0 Å². The number of likely N-dealkylation sites (N-methyl/N-ethyl adjacent to an activating group) is 1. The van der Waals surface area contributed by atoms with Crippen LogP contribution in [0.4, 0.5) is 11.4 Å². The Balaban J connectivity index is 1.52. The molecular formula is C20H23Cl2N3O. The van der Waals surface area contributed by atoms with Crippen LogP contribution in [0.3, 0.4) is 0 Å². The standard InChI is InChI=1S/C20H23Cl2N3O/c1-24-11-13-25(14-12-24)17-8-6-16(7-9-17)23-19(26)10-5-15-3-2-4-18(21)20(15)22/h2-4,6-9H,5,10-14H2,1H3,(H,23,26). The third-order valence-electron chi connectivity index (χ3n) is 4.67. The number of rotatable bonds is 5. The van der Waals surface area contributed by atoms with E-state index < -0.39 is 0 Å². The lowest BCUT2D eigenvalue weighted by Gasteiger charge is -2.34. The maximum absolute atomic E-state index is 12.2. The van der Waals surface area contributed by atoms with Crippen molar-refractivity contribution in [2.24, 2.45) is 0 Å². The summed E-state index contributed by atoms with van der Waals surface area (Å²) in [5, 5.41) is 3.99. The molecule has 0 unspecified atom stereocenters. The minimum absolute atomic E-state index is 0.0339. The molecule has 0 aliphatic carbocycles. The fourth-order valence-corrected chi connectivity index (χ4v) is 3.45. The van der Waals surface area contributed by atoms with E-state index in [1.54, 1.807) is 6.07 Å². The number of amides is 1. The molecule has 2 aromatic carbocycles. The van der Waals surface area contributed by atoms with Gasteiger partial charge in [0.2, 0.25) is 5.91 Å². The molecule has 1 heterocycles. The van der Waals surface area contributed by atoms with E-state index in [9.17, 15) is 4.79 Å². The average molecular weight is 392 g/mol. The van der Waals surface area contributed by atoms with Crippen LogP contribution in [0.5, 0.6) is 0 Å². The molecule has 1 N–H and O–H groups in total. The van der Waals surface area contributed by atoms with Crippen molar-refractivity contribution < 1.29 is 4.79 Å². The first-order valence-electron chi connectivity index (χ1n) is 8.79. The zero-order valence-corrected chi connectivity index (χ0v) is 16.4. The van der Waals surface area contributed by atoms with Crippen molar-refractivity contribution in [2.45, 2.75) is 12.8 Å². The van der Waals surface area contributed by atoms with Crippen LogP contribution in [0.25, 0.3) is 0 Å². The number of aryl methyl sites for hydroxylation is 1. The first-order chi connectivity index (χ1) is 12.5. The molecule has 0 bridgehead atoms. The molecule has 26 heavy (non-hydrogen) atoms. The molecule has 1 fully saturated rings. The number of piperazine rings is 1. The van der Waals surface area contributed by atoms with Crippen molar-refractivity contribution in [2.75, 3.05) is 43.4 Å². The van der Waals surface area contributed by atoms with Gasteiger partial charge in [-0.05, 0) is 49.4 Å².